The summed E-state index contributed by atoms with van der Waals surface area (Å²) in [6.45, 7) is 5.45. The molecule has 32 heavy (non-hydrogen) atoms. The largest absolute Gasteiger partial charge is 0.493 e. The van der Waals surface area contributed by atoms with Crippen molar-refractivity contribution >= 4 is 29.9 Å². The summed E-state index contributed by atoms with van der Waals surface area (Å²) in [5, 5.41) is 6.53. The number of hydrogen-bond acceptors (Lipinski definition) is 4. The first-order chi connectivity index (χ1) is 14.8. The number of halogens is 4. The second-order valence-corrected chi connectivity index (χ2v) is 8.46. The number of aliphatic imine (C=N–C) groups is 1. The molecule has 2 saturated heterocycles. The number of nitrogens with zero attached hydrogens (tertiary/aromatic N) is 2. The summed E-state index contributed by atoms with van der Waals surface area (Å²) < 4.78 is 49.2. The molecule has 1 aromatic carbocycles. The third-order valence-electron chi connectivity index (χ3n) is 5.72. The van der Waals surface area contributed by atoms with Crippen molar-refractivity contribution in [1.29, 1.82) is 0 Å². The summed E-state index contributed by atoms with van der Waals surface area (Å²) in [6, 6.07) is 6.13. The van der Waals surface area contributed by atoms with Crippen molar-refractivity contribution in [3.05, 3.63) is 29.3 Å². The second kappa shape index (κ2) is 12.8. The lowest BCUT2D eigenvalue weighted by atomic mass is 10.1. The summed E-state index contributed by atoms with van der Waals surface area (Å²) in [5.41, 5.74) is 2.17. The van der Waals surface area contributed by atoms with Crippen molar-refractivity contribution in [2.24, 2.45) is 16.8 Å². The number of ether oxygens (including phenoxy) is 2. The molecule has 6 nitrogen and oxygen atoms in total. The Morgan fingerprint density at radius 3 is 2.75 bits per heavy atom. The molecule has 0 aliphatic carbocycles. The van der Waals surface area contributed by atoms with E-state index in [2.05, 4.69) is 15.6 Å². The Hall–Kier alpha value is -1.27. The van der Waals surface area contributed by atoms with Gasteiger partial charge in [0.15, 0.2) is 5.96 Å². The van der Waals surface area contributed by atoms with Gasteiger partial charge >= 0.3 is 6.18 Å². The smallest absolute Gasteiger partial charge is 0.401 e. The molecule has 3 rings (SSSR count). The minimum absolute atomic E-state index is 0. The second-order valence-electron chi connectivity index (χ2n) is 8.46. The molecule has 2 N–H and O–H groups in total. The van der Waals surface area contributed by atoms with Crippen molar-refractivity contribution in [2.45, 2.75) is 32.5 Å². The number of rotatable bonds is 8. The van der Waals surface area contributed by atoms with E-state index >= 15 is 0 Å². The van der Waals surface area contributed by atoms with E-state index in [-0.39, 0.29) is 29.9 Å². The first kappa shape index (κ1) is 27.0. The van der Waals surface area contributed by atoms with Gasteiger partial charge in [0.2, 0.25) is 0 Å². The molecule has 1 aromatic rings. The lowest BCUT2D eigenvalue weighted by Crippen LogP contribution is -2.40. The molecule has 2 unspecified atom stereocenters. The SMILES string of the molecule is CN=C(NCc1ccc(C)cc1OCC1CCOC1)NCC1CCN(CC(F)(F)F)C1.I. The molecule has 0 spiro atoms. The maximum absolute atomic E-state index is 12.6. The van der Waals surface area contributed by atoms with Gasteiger partial charge in [0.25, 0.3) is 0 Å². The van der Waals surface area contributed by atoms with Crippen LogP contribution in [0.5, 0.6) is 5.75 Å². The monoisotopic (exact) mass is 570 g/mol. The summed E-state index contributed by atoms with van der Waals surface area (Å²) in [6.07, 6.45) is -2.36. The minimum Gasteiger partial charge on any atom is -0.493 e. The number of benzene rings is 1. The Kier molecular flexibility index (Phi) is 10.8. The van der Waals surface area contributed by atoms with E-state index in [0.29, 0.717) is 44.7 Å². The number of guanidine groups is 1. The molecular formula is C22H34F3IN4O2. The highest BCUT2D eigenvalue weighted by atomic mass is 127. The summed E-state index contributed by atoms with van der Waals surface area (Å²) in [5.74, 6) is 2.09. The van der Waals surface area contributed by atoms with Gasteiger partial charge < -0.3 is 20.1 Å². The van der Waals surface area contributed by atoms with Gasteiger partial charge in [-0.1, -0.05) is 12.1 Å². The number of alkyl halides is 3. The Morgan fingerprint density at radius 1 is 1.25 bits per heavy atom. The van der Waals surface area contributed by atoms with Gasteiger partial charge in [-0.2, -0.15) is 13.2 Å². The van der Waals surface area contributed by atoms with Crippen molar-refractivity contribution < 1.29 is 22.6 Å². The number of nitrogens with one attached hydrogen (secondary N) is 2. The predicted molar refractivity (Wildman–Crippen MR) is 130 cm³/mol. The first-order valence-corrected chi connectivity index (χ1v) is 10.9. The van der Waals surface area contributed by atoms with Crippen LogP contribution in [0.1, 0.15) is 24.0 Å². The van der Waals surface area contributed by atoms with E-state index in [1.165, 1.54) is 4.90 Å². The zero-order valence-electron chi connectivity index (χ0n) is 18.7. The normalized spacial score (nSPS) is 22.0. The highest BCUT2D eigenvalue weighted by Crippen LogP contribution is 2.24. The minimum atomic E-state index is -4.14. The highest BCUT2D eigenvalue weighted by molar-refractivity contribution is 14.0. The molecule has 0 bridgehead atoms. The van der Waals surface area contributed by atoms with Gasteiger partial charge in [-0.3, -0.25) is 9.89 Å². The van der Waals surface area contributed by atoms with E-state index in [1.807, 2.05) is 25.1 Å². The quantitative estimate of drug-likeness (QED) is 0.285. The average Bonchev–Trinajstić information content (AvgIpc) is 3.38. The molecule has 0 aromatic heterocycles. The van der Waals surface area contributed by atoms with Crippen LogP contribution in [0.25, 0.3) is 0 Å². The number of aryl methyl sites for hydroxylation is 1. The van der Waals surface area contributed by atoms with Crippen LogP contribution >= 0.6 is 24.0 Å². The van der Waals surface area contributed by atoms with Crippen molar-refractivity contribution in [3.8, 4) is 5.75 Å². The van der Waals surface area contributed by atoms with Gasteiger partial charge in [0.1, 0.15) is 5.75 Å². The van der Waals surface area contributed by atoms with Gasteiger partial charge in [0.05, 0.1) is 19.8 Å². The van der Waals surface area contributed by atoms with Gasteiger partial charge in [-0.05, 0) is 43.9 Å². The Balaban J connectivity index is 0.00000363. The van der Waals surface area contributed by atoms with E-state index in [9.17, 15) is 13.2 Å². The molecule has 0 saturated carbocycles. The molecule has 2 atom stereocenters. The third-order valence-corrected chi connectivity index (χ3v) is 5.72. The molecular weight excluding hydrogens is 536 g/mol. The fraction of sp³-hybridized carbons (Fsp3) is 0.682. The molecule has 2 fully saturated rings. The van der Waals surface area contributed by atoms with Crippen molar-refractivity contribution in [3.63, 3.8) is 0 Å². The fourth-order valence-corrected chi connectivity index (χ4v) is 3.98. The first-order valence-electron chi connectivity index (χ1n) is 10.9. The Morgan fingerprint density at radius 2 is 2.06 bits per heavy atom. The molecule has 2 aliphatic rings. The molecule has 182 valence electrons. The maximum Gasteiger partial charge on any atom is 0.401 e. The van der Waals surface area contributed by atoms with Gasteiger partial charge in [0, 0.05) is 44.8 Å². The highest BCUT2D eigenvalue weighted by Gasteiger charge is 2.34. The summed E-state index contributed by atoms with van der Waals surface area (Å²) in [7, 11) is 1.69. The molecule has 2 heterocycles. The lowest BCUT2D eigenvalue weighted by molar-refractivity contribution is -0.143. The zero-order chi connectivity index (χ0) is 22.3. The topological polar surface area (TPSA) is 58.1 Å². The van der Waals surface area contributed by atoms with Gasteiger partial charge in [-0.25, -0.2) is 0 Å². The predicted octanol–water partition coefficient (Wildman–Crippen LogP) is 3.58. The van der Waals surface area contributed by atoms with Crippen LogP contribution in [-0.2, 0) is 11.3 Å². The molecule has 0 amide bonds. The van der Waals surface area contributed by atoms with Crippen LogP contribution in [-0.4, -0.2) is 70.1 Å². The van der Waals surface area contributed by atoms with Crippen LogP contribution < -0.4 is 15.4 Å². The fourth-order valence-electron chi connectivity index (χ4n) is 3.98. The van der Waals surface area contributed by atoms with Crippen LogP contribution in [0.15, 0.2) is 23.2 Å². The van der Waals surface area contributed by atoms with Crippen LogP contribution in [0.3, 0.4) is 0 Å². The number of hydrogen-bond donors (Lipinski definition) is 2. The van der Waals surface area contributed by atoms with E-state index < -0.39 is 12.7 Å². The van der Waals surface area contributed by atoms with E-state index in [1.54, 1.807) is 7.05 Å². The average molecular weight is 570 g/mol. The van der Waals surface area contributed by atoms with Crippen molar-refractivity contribution in [1.82, 2.24) is 15.5 Å². The van der Waals surface area contributed by atoms with E-state index in [4.69, 9.17) is 9.47 Å². The van der Waals surface area contributed by atoms with Crippen LogP contribution in [0, 0.1) is 18.8 Å². The zero-order valence-corrected chi connectivity index (χ0v) is 21.0. The summed E-state index contributed by atoms with van der Waals surface area (Å²) in [4.78, 5) is 5.71. The molecule has 2 aliphatic heterocycles. The third kappa shape index (κ3) is 8.93. The van der Waals surface area contributed by atoms with Gasteiger partial charge in [-0.15, -0.1) is 24.0 Å². The summed E-state index contributed by atoms with van der Waals surface area (Å²) >= 11 is 0. The molecule has 0 radical (unpaired) electrons. The lowest BCUT2D eigenvalue weighted by Gasteiger charge is -2.19. The van der Waals surface area contributed by atoms with Crippen LogP contribution in [0.2, 0.25) is 0 Å². The molecule has 10 heteroatoms. The Labute approximate surface area is 205 Å². The van der Waals surface area contributed by atoms with Crippen LogP contribution in [0.4, 0.5) is 13.2 Å². The maximum atomic E-state index is 12.6. The number of likely N-dealkylation sites (tertiary alicyclic amines) is 1. The van der Waals surface area contributed by atoms with Crippen molar-refractivity contribution in [2.75, 3.05) is 53.0 Å². The van der Waals surface area contributed by atoms with E-state index in [0.717, 1.165) is 42.9 Å². The Bertz CT molecular complexity index is 742. The standard InChI is InChI=1S/C22H33F3N4O2.HI/c1-16-3-4-19(20(9-16)31-14-18-6-8-30-13-18)11-28-21(26-2)27-10-17-5-7-29(12-17)15-22(23,24)25;/h3-4,9,17-18H,5-8,10-15H2,1-2H3,(H2,26,27,28);1H.